The van der Waals surface area contributed by atoms with Crippen LogP contribution >= 0.6 is 0 Å². The zero-order valence-electron chi connectivity index (χ0n) is 9.78. The van der Waals surface area contributed by atoms with Crippen LogP contribution in [0.1, 0.15) is 24.3 Å². The first kappa shape index (κ1) is 10.2. The minimum Gasteiger partial charge on any atom is -0.497 e. The van der Waals surface area contributed by atoms with Crippen LogP contribution in [0.15, 0.2) is 24.3 Å². The number of ether oxygens (including phenoxy) is 1. The highest BCUT2D eigenvalue weighted by Crippen LogP contribution is 2.44. The molecule has 2 atom stereocenters. The lowest BCUT2D eigenvalue weighted by molar-refractivity contribution is 0.414. The Balaban J connectivity index is 1.73. The average molecular weight is 217 g/mol. The largest absolute Gasteiger partial charge is 0.497 e. The van der Waals surface area contributed by atoms with Crippen LogP contribution in [0.3, 0.4) is 0 Å². The predicted molar refractivity (Wildman–Crippen MR) is 64.8 cm³/mol. The Bertz CT molecular complexity index is 348. The van der Waals surface area contributed by atoms with E-state index in [9.17, 15) is 0 Å². The van der Waals surface area contributed by atoms with Gasteiger partial charge in [-0.1, -0.05) is 12.1 Å². The summed E-state index contributed by atoms with van der Waals surface area (Å²) in [4.78, 5) is 0. The van der Waals surface area contributed by atoms with Crippen molar-refractivity contribution in [1.82, 2.24) is 5.32 Å². The molecule has 0 spiro atoms. The molecule has 1 aromatic rings. The lowest BCUT2D eigenvalue weighted by Crippen LogP contribution is -2.11. The maximum absolute atomic E-state index is 5.20. The van der Waals surface area contributed by atoms with Gasteiger partial charge in [0.2, 0.25) is 0 Å². The van der Waals surface area contributed by atoms with Gasteiger partial charge in [-0.2, -0.15) is 0 Å². The number of hydrogen-bond acceptors (Lipinski definition) is 2. The van der Waals surface area contributed by atoms with Crippen molar-refractivity contribution < 1.29 is 4.74 Å². The highest BCUT2D eigenvalue weighted by atomic mass is 16.5. The maximum atomic E-state index is 5.20. The predicted octanol–water partition coefficient (Wildman–Crippen LogP) is 2.41. The molecular formula is C14H19NO. The molecule has 86 valence electrons. The number of rotatable bonds is 2. The fourth-order valence-electron chi connectivity index (χ4n) is 3.31. The second-order valence-electron chi connectivity index (χ2n) is 5.12. The minimum atomic E-state index is 0.781. The van der Waals surface area contributed by atoms with E-state index < -0.39 is 0 Å². The third kappa shape index (κ3) is 1.71. The van der Waals surface area contributed by atoms with Crippen molar-refractivity contribution in [3.05, 3.63) is 29.8 Å². The van der Waals surface area contributed by atoms with Crippen molar-refractivity contribution in [2.45, 2.75) is 18.8 Å². The number of fused-ring (bicyclic) bond motifs is 1. The van der Waals surface area contributed by atoms with E-state index in [1.165, 1.54) is 31.5 Å². The SMILES string of the molecule is COc1ccc(C2CC3CNCC3C2)cc1. The topological polar surface area (TPSA) is 21.3 Å². The van der Waals surface area contributed by atoms with Gasteiger partial charge < -0.3 is 10.1 Å². The molecule has 1 aromatic carbocycles. The summed E-state index contributed by atoms with van der Waals surface area (Å²) in [6.45, 7) is 2.47. The zero-order valence-corrected chi connectivity index (χ0v) is 9.78. The molecule has 0 radical (unpaired) electrons. The maximum Gasteiger partial charge on any atom is 0.118 e. The molecule has 0 bridgehead atoms. The summed E-state index contributed by atoms with van der Waals surface area (Å²) in [5, 5.41) is 3.49. The third-order valence-corrected chi connectivity index (χ3v) is 4.24. The van der Waals surface area contributed by atoms with Crippen molar-refractivity contribution in [3.63, 3.8) is 0 Å². The number of methoxy groups -OCH3 is 1. The van der Waals surface area contributed by atoms with Gasteiger partial charge in [0, 0.05) is 0 Å². The quantitative estimate of drug-likeness (QED) is 0.821. The molecule has 1 N–H and O–H groups in total. The van der Waals surface area contributed by atoms with Crippen LogP contribution in [0.4, 0.5) is 0 Å². The highest BCUT2D eigenvalue weighted by molar-refractivity contribution is 5.30. The van der Waals surface area contributed by atoms with E-state index in [4.69, 9.17) is 4.74 Å². The molecule has 2 heteroatoms. The summed E-state index contributed by atoms with van der Waals surface area (Å²) in [6, 6.07) is 8.64. The molecule has 2 unspecified atom stereocenters. The van der Waals surface area contributed by atoms with E-state index in [2.05, 4.69) is 29.6 Å². The van der Waals surface area contributed by atoms with Gasteiger partial charge in [-0.3, -0.25) is 0 Å². The summed E-state index contributed by atoms with van der Waals surface area (Å²) in [5.74, 6) is 3.59. The Labute approximate surface area is 97.0 Å². The van der Waals surface area contributed by atoms with Crippen LogP contribution < -0.4 is 10.1 Å². The molecule has 2 fully saturated rings. The average Bonchev–Trinajstić information content (AvgIpc) is 2.89. The van der Waals surface area contributed by atoms with Gasteiger partial charge in [0.25, 0.3) is 0 Å². The van der Waals surface area contributed by atoms with Crippen molar-refractivity contribution in [3.8, 4) is 5.75 Å². The number of nitrogens with one attached hydrogen (secondary N) is 1. The Morgan fingerprint density at radius 2 is 1.69 bits per heavy atom. The Hall–Kier alpha value is -1.02. The van der Waals surface area contributed by atoms with Crippen LogP contribution in [-0.2, 0) is 0 Å². The van der Waals surface area contributed by atoms with E-state index >= 15 is 0 Å². The fraction of sp³-hybridized carbons (Fsp3) is 0.571. The van der Waals surface area contributed by atoms with Gasteiger partial charge >= 0.3 is 0 Å². The van der Waals surface area contributed by atoms with E-state index in [0.29, 0.717) is 0 Å². The van der Waals surface area contributed by atoms with Crippen LogP contribution in [0, 0.1) is 11.8 Å². The van der Waals surface area contributed by atoms with Crippen LogP contribution in [0.2, 0.25) is 0 Å². The molecule has 2 nitrogen and oxygen atoms in total. The van der Waals surface area contributed by atoms with Gasteiger partial charge in [0.15, 0.2) is 0 Å². The highest BCUT2D eigenvalue weighted by Gasteiger charge is 2.37. The molecule has 1 saturated heterocycles. The van der Waals surface area contributed by atoms with Crippen molar-refractivity contribution in [1.29, 1.82) is 0 Å². The number of benzene rings is 1. The van der Waals surface area contributed by atoms with Gasteiger partial charge in [-0.15, -0.1) is 0 Å². The molecule has 0 amide bonds. The lowest BCUT2D eigenvalue weighted by Gasteiger charge is -2.12. The van der Waals surface area contributed by atoms with Crippen LogP contribution in [0.25, 0.3) is 0 Å². The Morgan fingerprint density at radius 1 is 1.06 bits per heavy atom. The molecule has 1 heterocycles. The van der Waals surface area contributed by atoms with Crippen LogP contribution in [0.5, 0.6) is 5.75 Å². The monoisotopic (exact) mass is 217 g/mol. The normalized spacial score (nSPS) is 32.7. The molecule has 1 aliphatic heterocycles. The molecule has 3 rings (SSSR count). The lowest BCUT2D eigenvalue weighted by atomic mass is 9.96. The molecule has 1 saturated carbocycles. The van der Waals surface area contributed by atoms with Gasteiger partial charge in [-0.05, 0) is 61.4 Å². The van der Waals surface area contributed by atoms with Crippen molar-refractivity contribution in [2.24, 2.45) is 11.8 Å². The summed E-state index contributed by atoms with van der Waals surface area (Å²) in [6.07, 6.45) is 2.73. The first-order valence-electron chi connectivity index (χ1n) is 6.21. The smallest absolute Gasteiger partial charge is 0.118 e. The van der Waals surface area contributed by atoms with Crippen molar-refractivity contribution >= 4 is 0 Å². The first-order chi connectivity index (χ1) is 7.86. The summed E-state index contributed by atoms with van der Waals surface area (Å²) in [5.41, 5.74) is 1.50. The minimum absolute atomic E-state index is 0.781. The van der Waals surface area contributed by atoms with Gasteiger partial charge in [-0.25, -0.2) is 0 Å². The number of hydrogen-bond donors (Lipinski definition) is 1. The van der Waals surface area contributed by atoms with Gasteiger partial charge in [0.1, 0.15) is 5.75 Å². The Kier molecular flexibility index (Phi) is 2.60. The third-order valence-electron chi connectivity index (χ3n) is 4.24. The fourth-order valence-corrected chi connectivity index (χ4v) is 3.31. The van der Waals surface area contributed by atoms with E-state index in [0.717, 1.165) is 23.5 Å². The molecule has 1 aliphatic carbocycles. The van der Waals surface area contributed by atoms with E-state index in [-0.39, 0.29) is 0 Å². The van der Waals surface area contributed by atoms with E-state index in [1.54, 1.807) is 7.11 Å². The summed E-state index contributed by atoms with van der Waals surface area (Å²) >= 11 is 0. The summed E-state index contributed by atoms with van der Waals surface area (Å²) in [7, 11) is 1.72. The summed E-state index contributed by atoms with van der Waals surface area (Å²) < 4.78 is 5.20. The second kappa shape index (κ2) is 4.10. The molecule has 16 heavy (non-hydrogen) atoms. The molecular weight excluding hydrogens is 198 g/mol. The van der Waals surface area contributed by atoms with Crippen LogP contribution in [-0.4, -0.2) is 20.2 Å². The van der Waals surface area contributed by atoms with Crippen molar-refractivity contribution in [2.75, 3.05) is 20.2 Å². The molecule has 0 aromatic heterocycles. The second-order valence-corrected chi connectivity index (χ2v) is 5.12. The standard InChI is InChI=1S/C14H19NO/c1-16-14-4-2-10(3-5-14)11-6-12-8-15-9-13(12)7-11/h2-5,11-13,15H,6-9H2,1H3. The molecule has 2 aliphatic rings. The zero-order chi connectivity index (χ0) is 11.0. The van der Waals surface area contributed by atoms with E-state index in [1.807, 2.05) is 0 Å². The first-order valence-corrected chi connectivity index (χ1v) is 6.21. The Morgan fingerprint density at radius 3 is 2.25 bits per heavy atom. The van der Waals surface area contributed by atoms with Gasteiger partial charge in [0.05, 0.1) is 7.11 Å².